The Hall–Kier alpha value is -1.36. The van der Waals surface area contributed by atoms with E-state index < -0.39 is 0 Å². The summed E-state index contributed by atoms with van der Waals surface area (Å²) in [6, 6.07) is 10.8. The molecule has 2 N–H and O–H groups in total. The molecule has 0 unspecified atom stereocenters. The van der Waals surface area contributed by atoms with E-state index in [-0.39, 0.29) is 18.4 Å². The van der Waals surface area contributed by atoms with Crippen molar-refractivity contribution in [3.63, 3.8) is 0 Å². The third-order valence-electron chi connectivity index (χ3n) is 4.21. The van der Waals surface area contributed by atoms with Gasteiger partial charge in [0.15, 0.2) is 0 Å². The molecule has 1 saturated heterocycles. The van der Waals surface area contributed by atoms with E-state index in [0.717, 1.165) is 32.6 Å². The Balaban J connectivity index is 0.00000176. The zero-order valence-corrected chi connectivity index (χ0v) is 13.9. The largest absolute Gasteiger partial charge is 0.326 e. The third kappa shape index (κ3) is 3.88. The summed E-state index contributed by atoms with van der Waals surface area (Å²) in [4.78, 5) is 2.44. The van der Waals surface area contributed by atoms with Gasteiger partial charge in [0, 0.05) is 49.9 Å². The number of hydrogen-bond donors (Lipinski definition) is 1. The van der Waals surface area contributed by atoms with Crippen LogP contribution in [0.15, 0.2) is 42.7 Å². The van der Waals surface area contributed by atoms with Crippen LogP contribution in [0.4, 0.5) is 0 Å². The summed E-state index contributed by atoms with van der Waals surface area (Å²) in [6.45, 7) is 6.10. The highest BCUT2D eigenvalue weighted by Crippen LogP contribution is 2.27. The van der Waals surface area contributed by atoms with Crippen molar-refractivity contribution in [2.24, 2.45) is 5.73 Å². The molecule has 1 aromatic carbocycles. The third-order valence-corrected chi connectivity index (χ3v) is 4.21. The molecule has 1 aromatic heterocycles. The molecule has 0 amide bonds. The smallest absolute Gasteiger partial charge is 0.0534 e. The van der Waals surface area contributed by atoms with E-state index in [1.165, 1.54) is 11.1 Å². The Morgan fingerprint density at radius 3 is 2.73 bits per heavy atom. The second-order valence-corrected chi connectivity index (χ2v) is 5.99. The number of benzene rings is 1. The molecule has 1 aliphatic rings. The van der Waals surface area contributed by atoms with Crippen molar-refractivity contribution >= 4 is 12.4 Å². The normalized spacial score (nSPS) is 21.7. The van der Waals surface area contributed by atoms with Crippen molar-refractivity contribution in [3.8, 4) is 0 Å². The average Bonchev–Trinajstić information content (AvgIpc) is 3.07. The van der Waals surface area contributed by atoms with Gasteiger partial charge in [0.25, 0.3) is 0 Å². The van der Waals surface area contributed by atoms with Crippen LogP contribution in [0.5, 0.6) is 0 Å². The quantitative estimate of drug-likeness (QED) is 0.921. The summed E-state index contributed by atoms with van der Waals surface area (Å²) in [5.41, 5.74) is 8.98. The summed E-state index contributed by atoms with van der Waals surface area (Å²) in [5, 5.41) is 4.40. The minimum absolute atomic E-state index is 0. The molecule has 1 fully saturated rings. The number of nitrogens with two attached hydrogens (primary N) is 1. The molecule has 120 valence electrons. The van der Waals surface area contributed by atoms with Gasteiger partial charge < -0.3 is 5.73 Å². The number of rotatable bonds is 5. The standard InChI is InChI=1S/C17H24N4.ClH/c1-2-8-21-11-14(9-19-21)10-20-12-16(17(18)13-20)15-6-4-3-5-7-15;/h3-7,9,11,16-17H,2,8,10,12-13,18H2,1H3;1H/t16-,17+;/m0./s1. The van der Waals surface area contributed by atoms with Crippen molar-refractivity contribution in [1.82, 2.24) is 14.7 Å². The second kappa shape index (κ2) is 7.77. The summed E-state index contributed by atoms with van der Waals surface area (Å²) in [6.07, 6.45) is 5.26. The summed E-state index contributed by atoms with van der Waals surface area (Å²) in [5.74, 6) is 0.442. The van der Waals surface area contributed by atoms with Crippen molar-refractivity contribution in [1.29, 1.82) is 0 Å². The van der Waals surface area contributed by atoms with E-state index in [4.69, 9.17) is 5.73 Å². The molecule has 2 aromatic rings. The lowest BCUT2D eigenvalue weighted by atomic mass is 9.95. The Morgan fingerprint density at radius 1 is 1.23 bits per heavy atom. The molecule has 4 nitrogen and oxygen atoms in total. The molecule has 0 bridgehead atoms. The maximum absolute atomic E-state index is 6.35. The molecular weight excluding hydrogens is 296 g/mol. The van der Waals surface area contributed by atoms with Crippen LogP contribution in [-0.4, -0.2) is 33.8 Å². The van der Waals surface area contributed by atoms with Gasteiger partial charge in [-0.25, -0.2) is 0 Å². The minimum atomic E-state index is 0. The van der Waals surface area contributed by atoms with Crippen LogP contribution in [0.1, 0.15) is 30.4 Å². The topological polar surface area (TPSA) is 47.1 Å². The summed E-state index contributed by atoms with van der Waals surface area (Å²) >= 11 is 0. The molecule has 0 radical (unpaired) electrons. The molecule has 22 heavy (non-hydrogen) atoms. The lowest BCUT2D eigenvalue weighted by Gasteiger charge is -2.15. The average molecular weight is 321 g/mol. The van der Waals surface area contributed by atoms with Crippen LogP contribution in [0.25, 0.3) is 0 Å². The predicted octanol–water partition coefficient (Wildman–Crippen LogP) is 2.64. The van der Waals surface area contributed by atoms with E-state index >= 15 is 0 Å². The van der Waals surface area contributed by atoms with Gasteiger partial charge in [-0.05, 0) is 12.0 Å². The summed E-state index contributed by atoms with van der Waals surface area (Å²) < 4.78 is 2.03. The van der Waals surface area contributed by atoms with E-state index in [1.54, 1.807) is 0 Å². The van der Waals surface area contributed by atoms with Crippen LogP contribution >= 0.6 is 12.4 Å². The van der Waals surface area contributed by atoms with Gasteiger partial charge in [-0.3, -0.25) is 9.58 Å². The number of nitrogens with zero attached hydrogens (tertiary/aromatic N) is 3. The number of aromatic nitrogens is 2. The maximum atomic E-state index is 6.35. The fourth-order valence-electron chi connectivity index (χ4n) is 3.19. The Kier molecular flexibility index (Phi) is 6.00. The number of halogens is 1. The van der Waals surface area contributed by atoms with Gasteiger partial charge in [0.2, 0.25) is 0 Å². The fourth-order valence-corrected chi connectivity index (χ4v) is 3.19. The first kappa shape index (κ1) is 17.0. The van der Waals surface area contributed by atoms with Gasteiger partial charge in [-0.15, -0.1) is 12.4 Å². The SMILES string of the molecule is CCCn1cc(CN2C[C@@H](N)[C@H](c3ccccc3)C2)cn1.Cl. The summed E-state index contributed by atoms with van der Waals surface area (Å²) in [7, 11) is 0. The first-order valence-corrected chi connectivity index (χ1v) is 7.80. The first-order chi connectivity index (χ1) is 10.3. The monoisotopic (exact) mass is 320 g/mol. The lowest BCUT2D eigenvalue weighted by molar-refractivity contribution is 0.323. The Morgan fingerprint density at radius 2 is 2.00 bits per heavy atom. The van der Waals surface area contributed by atoms with Crippen LogP contribution in [0.3, 0.4) is 0 Å². The Labute approximate surface area is 138 Å². The van der Waals surface area contributed by atoms with Crippen LogP contribution in [0.2, 0.25) is 0 Å². The first-order valence-electron chi connectivity index (χ1n) is 7.80. The lowest BCUT2D eigenvalue weighted by Crippen LogP contribution is -2.28. The number of likely N-dealkylation sites (tertiary alicyclic amines) is 1. The van der Waals surface area contributed by atoms with E-state index in [1.807, 2.05) is 10.9 Å². The number of hydrogen-bond acceptors (Lipinski definition) is 3. The molecule has 0 spiro atoms. The molecular formula is C17H25ClN4. The molecule has 5 heteroatoms. The highest BCUT2D eigenvalue weighted by atomic mass is 35.5. The Bertz CT molecular complexity index is 569. The van der Waals surface area contributed by atoms with Crippen LogP contribution in [-0.2, 0) is 13.1 Å². The van der Waals surface area contributed by atoms with E-state index in [0.29, 0.717) is 5.92 Å². The second-order valence-electron chi connectivity index (χ2n) is 5.99. The molecule has 3 rings (SSSR count). The maximum Gasteiger partial charge on any atom is 0.0534 e. The van der Waals surface area contributed by atoms with Gasteiger partial charge in [0.05, 0.1) is 6.20 Å². The van der Waals surface area contributed by atoms with E-state index in [2.05, 4.69) is 53.5 Å². The van der Waals surface area contributed by atoms with Crippen LogP contribution < -0.4 is 5.73 Å². The van der Waals surface area contributed by atoms with Crippen molar-refractivity contribution in [2.75, 3.05) is 13.1 Å². The van der Waals surface area contributed by atoms with Crippen LogP contribution in [0, 0.1) is 0 Å². The fraction of sp³-hybridized carbons (Fsp3) is 0.471. The molecule has 2 heterocycles. The van der Waals surface area contributed by atoms with Gasteiger partial charge in [-0.1, -0.05) is 37.3 Å². The molecule has 2 atom stereocenters. The van der Waals surface area contributed by atoms with Crippen molar-refractivity contribution in [3.05, 3.63) is 53.9 Å². The van der Waals surface area contributed by atoms with Gasteiger partial charge in [0.1, 0.15) is 0 Å². The van der Waals surface area contributed by atoms with Crippen molar-refractivity contribution < 1.29 is 0 Å². The zero-order chi connectivity index (χ0) is 14.7. The van der Waals surface area contributed by atoms with Gasteiger partial charge >= 0.3 is 0 Å². The molecule has 0 saturated carbocycles. The predicted molar refractivity (Wildman–Crippen MR) is 92.2 cm³/mol. The highest BCUT2D eigenvalue weighted by molar-refractivity contribution is 5.85. The molecule has 1 aliphatic heterocycles. The van der Waals surface area contributed by atoms with Gasteiger partial charge in [-0.2, -0.15) is 5.10 Å². The minimum Gasteiger partial charge on any atom is -0.326 e. The zero-order valence-electron chi connectivity index (χ0n) is 13.1. The van der Waals surface area contributed by atoms with E-state index in [9.17, 15) is 0 Å². The van der Waals surface area contributed by atoms with Crippen molar-refractivity contribution in [2.45, 2.75) is 38.4 Å². The highest BCUT2D eigenvalue weighted by Gasteiger charge is 2.31. The number of aryl methyl sites for hydroxylation is 1. The molecule has 0 aliphatic carbocycles.